The zero-order chi connectivity index (χ0) is 13.3. The van der Waals surface area contributed by atoms with Gasteiger partial charge in [0.2, 0.25) is 0 Å². The first-order valence-corrected chi connectivity index (χ1v) is 7.18. The van der Waals surface area contributed by atoms with E-state index in [4.69, 9.17) is 11.6 Å². The quantitative estimate of drug-likeness (QED) is 0.923. The molecule has 2 rings (SSSR count). The van der Waals surface area contributed by atoms with Crippen molar-refractivity contribution in [1.29, 1.82) is 0 Å². The van der Waals surface area contributed by atoms with Crippen molar-refractivity contribution in [2.75, 3.05) is 0 Å². The number of rotatable bonds is 4. The van der Waals surface area contributed by atoms with Crippen LogP contribution in [0.3, 0.4) is 0 Å². The highest BCUT2D eigenvalue weighted by atomic mass is 35.5. The molecule has 2 heterocycles. The van der Waals surface area contributed by atoms with Crippen molar-refractivity contribution in [2.45, 2.75) is 32.9 Å². The predicted octanol–water partition coefficient (Wildman–Crippen LogP) is 3.86. The van der Waals surface area contributed by atoms with E-state index in [0.29, 0.717) is 0 Å². The van der Waals surface area contributed by atoms with Crippen molar-refractivity contribution in [3.8, 4) is 0 Å². The normalized spacial score (nSPS) is 14.7. The highest BCUT2D eigenvalue weighted by molar-refractivity contribution is 7.16. The fourth-order valence-electron chi connectivity index (χ4n) is 2.15. The molecule has 0 amide bonds. The summed E-state index contributed by atoms with van der Waals surface area (Å²) in [6.07, 6.45) is 2.07. The van der Waals surface area contributed by atoms with Crippen molar-refractivity contribution in [2.24, 2.45) is 7.05 Å². The second-order valence-corrected chi connectivity index (χ2v) is 6.34. The number of nitrogens with zero attached hydrogens (tertiary/aromatic N) is 2. The summed E-state index contributed by atoms with van der Waals surface area (Å²) < 4.78 is 2.69. The molecule has 0 radical (unpaired) electrons. The Morgan fingerprint density at radius 1 is 1.33 bits per heavy atom. The molecule has 0 aliphatic rings. The van der Waals surface area contributed by atoms with Crippen LogP contribution in [0.2, 0.25) is 4.34 Å². The van der Waals surface area contributed by atoms with E-state index >= 15 is 0 Å². The summed E-state index contributed by atoms with van der Waals surface area (Å²) >= 11 is 7.59. The topological polar surface area (TPSA) is 29.9 Å². The van der Waals surface area contributed by atoms with Crippen LogP contribution in [0, 0.1) is 6.92 Å². The number of nitrogens with one attached hydrogen (secondary N) is 1. The average Bonchev–Trinajstić information content (AvgIpc) is 2.84. The van der Waals surface area contributed by atoms with Gasteiger partial charge in [0.25, 0.3) is 0 Å². The van der Waals surface area contributed by atoms with E-state index in [-0.39, 0.29) is 12.1 Å². The number of aromatic nitrogens is 2. The standard InChI is InChI=1S/C13H18ClN3S/c1-8(11-7-17(4)16-9(11)2)15-10(3)12-5-6-13(14)18-12/h5-8,10,15H,1-4H3. The summed E-state index contributed by atoms with van der Waals surface area (Å²) in [4.78, 5) is 1.26. The molecular formula is C13H18ClN3S. The Balaban J connectivity index is 2.07. The van der Waals surface area contributed by atoms with Crippen LogP contribution in [0.5, 0.6) is 0 Å². The van der Waals surface area contributed by atoms with Gasteiger partial charge in [-0.2, -0.15) is 5.10 Å². The van der Waals surface area contributed by atoms with E-state index in [1.54, 1.807) is 11.3 Å². The molecule has 0 aliphatic carbocycles. The second kappa shape index (κ2) is 5.43. The maximum absolute atomic E-state index is 5.96. The van der Waals surface area contributed by atoms with Crippen molar-refractivity contribution >= 4 is 22.9 Å². The third-order valence-electron chi connectivity index (χ3n) is 3.04. The highest BCUT2D eigenvalue weighted by Gasteiger charge is 2.16. The van der Waals surface area contributed by atoms with Gasteiger partial charge in [-0.25, -0.2) is 0 Å². The molecular weight excluding hydrogens is 266 g/mol. The van der Waals surface area contributed by atoms with Crippen LogP contribution in [-0.4, -0.2) is 9.78 Å². The Morgan fingerprint density at radius 2 is 2.06 bits per heavy atom. The van der Waals surface area contributed by atoms with Crippen LogP contribution in [0.15, 0.2) is 18.3 Å². The van der Waals surface area contributed by atoms with Gasteiger partial charge in [-0.1, -0.05) is 11.6 Å². The zero-order valence-corrected chi connectivity index (χ0v) is 12.6. The van der Waals surface area contributed by atoms with Gasteiger partial charge in [-0.15, -0.1) is 11.3 Å². The molecule has 0 aliphatic heterocycles. The monoisotopic (exact) mass is 283 g/mol. The summed E-state index contributed by atoms with van der Waals surface area (Å²) in [5.41, 5.74) is 2.32. The minimum absolute atomic E-state index is 0.273. The molecule has 5 heteroatoms. The van der Waals surface area contributed by atoms with E-state index in [1.807, 2.05) is 24.7 Å². The molecule has 18 heavy (non-hydrogen) atoms. The fraction of sp³-hybridized carbons (Fsp3) is 0.462. The third kappa shape index (κ3) is 2.94. The van der Waals surface area contributed by atoms with E-state index in [9.17, 15) is 0 Å². The van der Waals surface area contributed by atoms with Gasteiger partial charge in [-0.05, 0) is 32.9 Å². The lowest BCUT2D eigenvalue weighted by Gasteiger charge is -2.18. The van der Waals surface area contributed by atoms with Gasteiger partial charge in [0.1, 0.15) is 0 Å². The SMILES string of the molecule is Cc1nn(C)cc1C(C)NC(C)c1ccc(Cl)s1. The van der Waals surface area contributed by atoms with Crippen LogP contribution < -0.4 is 5.32 Å². The average molecular weight is 284 g/mol. The Kier molecular flexibility index (Phi) is 4.10. The Labute approximate surface area is 117 Å². The molecule has 0 saturated heterocycles. The molecule has 0 fully saturated rings. The first-order valence-electron chi connectivity index (χ1n) is 5.99. The maximum Gasteiger partial charge on any atom is 0.0931 e. The molecule has 2 aromatic heterocycles. The van der Waals surface area contributed by atoms with Gasteiger partial charge in [0.15, 0.2) is 0 Å². The smallest absolute Gasteiger partial charge is 0.0931 e. The number of hydrogen-bond donors (Lipinski definition) is 1. The van der Waals surface area contributed by atoms with Crippen molar-refractivity contribution < 1.29 is 0 Å². The summed E-state index contributed by atoms with van der Waals surface area (Å²) in [6.45, 7) is 6.36. The van der Waals surface area contributed by atoms with Gasteiger partial charge in [-0.3, -0.25) is 4.68 Å². The maximum atomic E-state index is 5.96. The number of thiophene rings is 1. The minimum atomic E-state index is 0.273. The van der Waals surface area contributed by atoms with E-state index < -0.39 is 0 Å². The van der Waals surface area contributed by atoms with Crippen LogP contribution in [0.4, 0.5) is 0 Å². The molecule has 0 aromatic carbocycles. The Hall–Kier alpha value is -0.840. The van der Waals surface area contributed by atoms with Gasteiger partial charge >= 0.3 is 0 Å². The number of halogens is 1. The molecule has 98 valence electrons. The van der Waals surface area contributed by atoms with Crippen LogP contribution >= 0.6 is 22.9 Å². The lowest BCUT2D eigenvalue weighted by atomic mass is 10.1. The van der Waals surface area contributed by atoms with Gasteiger partial charge in [0.05, 0.1) is 10.0 Å². The second-order valence-electron chi connectivity index (χ2n) is 4.60. The fourth-order valence-corrected chi connectivity index (χ4v) is 3.22. The molecule has 3 nitrogen and oxygen atoms in total. The molecule has 0 bridgehead atoms. The van der Waals surface area contributed by atoms with E-state index in [0.717, 1.165) is 10.0 Å². The summed E-state index contributed by atoms with van der Waals surface area (Å²) in [7, 11) is 1.95. The van der Waals surface area contributed by atoms with Crippen molar-refractivity contribution in [3.63, 3.8) is 0 Å². The number of hydrogen-bond acceptors (Lipinski definition) is 3. The van der Waals surface area contributed by atoms with E-state index in [2.05, 4.69) is 36.5 Å². The summed E-state index contributed by atoms with van der Waals surface area (Å²) in [6, 6.07) is 4.58. The lowest BCUT2D eigenvalue weighted by molar-refractivity contribution is 0.498. The zero-order valence-electron chi connectivity index (χ0n) is 11.1. The Morgan fingerprint density at radius 3 is 2.56 bits per heavy atom. The van der Waals surface area contributed by atoms with Crippen LogP contribution in [0.25, 0.3) is 0 Å². The minimum Gasteiger partial charge on any atom is -0.303 e. The third-order valence-corrected chi connectivity index (χ3v) is 4.45. The van der Waals surface area contributed by atoms with Crippen molar-refractivity contribution in [1.82, 2.24) is 15.1 Å². The largest absolute Gasteiger partial charge is 0.303 e. The lowest BCUT2D eigenvalue weighted by Crippen LogP contribution is -2.22. The van der Waals surface area contributed by atoms with Crippen LogP contribution in [0.1, 0.15) is 42.1 Å². The Bertz CT molecular complexity index is 532. The molecule has 1 N–H and O–H groups in total. The molecule has 0 spiro atoms. The van der Waals surface area contributed by atoms with Gasteiger partial charge < -0.3 is 5.32 Å². The molecule has 0 saturated carbocycles. The number of aryl methyl sites for hydroxylation is 2. The molecule has 2 unspecified atom stereocenters. The summed E-state index contributed by atoms with van der Waals surface area (Å²) in [5, 5.41) is 7.95. The van der Waals surface area contributed by atoms with Gasteiger partial charge in [0, 0.05) is 35.8 Å². The first kappa shape index (κ1) is 13.6. The summed E-state index contributed by atoms with van der Waals surface area (Å²) in [5.74, 6) is 0. The predicted molar refractivity (Wildman–Crippen MR) is 77.2 cm³/mol. The van der Waals surface area contributed by atoms with Crippen LogP contribution in [-0.2, 0) is 7.05 Å². The first-order chi connectivity index (χ1) is 8.47. The van der Waals surface area contributed by atoms with Crippen molar-refractivity contribution in [3.05, 3.63) is 38.8 Å². The molecule has 2 atom stereocenters. The molecule has 2 aromatic rings. The van der Waals surface area contributed by atoms with E-state index in [1.165, 1.54) is 10.4 Å². The highest BCUT2D eigenvalue weighted by Crippen LogP contribution is 2.28.